The number of nitrogens with one attached hydrogen (secondary N) is 7. The Labute approximate surface area is 425 Å². The van der Waals surface area contributed by atoms with Crippen LogP contribution in [0.5, 0.6) is 5.75 Å². The molecule has 72 heavy (non-hydrogen) atoms. The first-order chi connectivity index (χ1) is 34.1. The van der Waals surface area contributed by atoms with Gasteiger partial charge in [-0.25, -0.2) is 0 Å². The van der Waals surface area contributed by atoms with Gasteiger partial charge in [0.1, 0.15) is 42.0 Å². The Bertz CT molecular complexity index is 2240. The third-order valence-corrected chi connectivity index (χ3v) is 13.6. The van der Waals surface area contributed by atoms with Crippen molar-refractivity contribution in [1.29, 1.82) is 0 Å². The van der Waals surface area contributed by atoms with Crippen LogP contribution in [0.2, 0.25) is 0 Å². The number of benzene rings is 2. The summed E-state index contributed by atoms with van der Waals surface area (Å²) in [6.07, 6.45) is -1.32. The Hall–Kier alpha value is -6.89. The molecule has 394 valence electrons. The van der Waals surface area contributed by atoms with Crippen LogP contribution in [0.3, 0.4) is 0 Å². The SMILES string of the molecule is CC[C@H](C)[C@@H]1NC(=O)[C@H](Cc2ccc(O)cc2)NC(=O)CCSSC[C@@H](C(=O)N(CC(=O)N[C@@H](CC(C)C)C(=O)NCC(N)=O)Cc2ccccc2)NC(=O)[C@H](CC(N)=O)NC(=O)[C@H](CCC(N)=O)NC1=O. The van der Waals surface area contributed by atoms with Crippen LogP contribution in [0.25, 0.3) is 0 Å². The molecule has 23 nitrogen and oxygen atoms in total. The number of hydrogen-bond acceptors (Lipinski definition) is 14. The van der Waals surface area contributed by atoms with Crippen molar-refractivity contribution in [3.05, 3.63) is 65.7 Å². The Morgan fingerprint density at radius 1 is 0.750 bits per heavy atom. The molecule has 1 fully saturated rings. The molecule has 11 amide bonds. The van der Waals surface area contributed by atoms with E-state index in [0.29, 0.717) is 17.5 Å². The first-order valence-electron chi connectivity index (χ1n) is 23.3. The monoisotopic (exact) mass is 1040 g/mol. The van der Waals surface area contributed by atoms with Crippen LogP contribution < -0.4 is 54.4 Å². The van der Waals surface area contributed by atoms with Crippen molar-refractivity contribution in [3.8, 4) is 5.75 Å². The Kier molecular flexibility index (Phi) is 24.8. The van der Waals surface area contributed by atoms with E-state index in [2.05, 4.69) is 37.2 Å². The summed E-state index contributed by atoms with van der Waals surface area (Å²) in [6.45, 7) is 5.73. The van der Waals surface area contributed by atoms with Crippen LogP contribution in [-0.2, 0) is 65.7 Å². The van der Waals surface area contributed by atoms with Crippen molar-refractivity contribution in [2.45, 2.75) is 115 Å². The zero-order valence-corrected chi connectivity index (χ0v) is 42.4. The summed E-state index contributed by atoms with van der Waals surface area (Å²) in [7, 11) is 2.19. The van der Waals surface area contributed by atoms with E-state index in [0.717, 1.165) is 26.5 Å². The number of phenols is 1. The predicted octanol–water partition coefficient (Wildman–Crippen LogP) is -1.51. The molecule has 3 rings (SSSR count). The summed E-state index contributed by atoms with van der Waals surface area (Å²) in [5.41, 5.74) is 17.3. The number of rotatable bonds is 20. The molecule has 0 unspecified atom stereocenters. The highest BCUT2D eigenvalue weighted by molar-refractivity contribution is 8.76. The summed E-state index contributed by atoms with van der Waals surface area (Å²) >= 11 is 0. The molecule has 0 spiro atoms. The van der Waals surface area contributed by atoms with Crippen molar-refractivity contribution in [1.82, 2.24) is 42.1 Å². The average molecular weight is 1040 g/mol. The van der Waals surface area contributed by atoms with Crippen molar-refractivity contribution >= 4 is 86.6 Å². The molecule has 7 atom stereocenters. The smallest absolute Gasteiger partial charge is 0.246 e. The van der Waals surface area contributed by atoms with Gasteiger partial charge in [0.15, 0.2) is 0 Å². The Balaban J connectivity index is 2.09. The minimum Gasteiger partial charge on any atom is -0.508 e. The van der Waals surface area contributed by atoms with Crippen molar-refractivity contribution in [2.24, 2.45) is 29.0 Å². The third kappa shape index (κ3) is 21.2. The second kappa shape index (κ2) is 30.1. The molecule has 1 saturated heterocycles. The maximum atomic E-state index is 14.8. The van der Waals surface area contributed by atoms with Crippen LogP contribution in [0.1, 0.15) is 77.3 Å². The summed E-state index contributed by atoms with van der Waals surface area (Å²) < 4.78 is 0. The summed E-state index contributed by atoms with van der Waals surface area (Å²) in [4.78, 5) is 149. The molecule has 25 heteroatoms. The van der Waals surface area contributed by atoms with Gasteiger partial charge in [0, 0.05) is 37.3 Å². The van der Waals surface area contributed by atoms with E-state index >= 15 is 0 Å². The molecule has 14 N–H and O–H groups in total. The molecule has 0 saturated carbocycles. The second-order valence-electron chi connectivity index (χ2n) is 17.7. The van der Waals surface area contributed by atoms with E-state index in [9.17, 15) is 57.8 Å². The first-order valence-corrected chi connectivity index (χ1v) is 25.8. The highest BCUT2D eigenvalue weighted by Crippen LogP contribution is 2.24. The minimum atomic E-state index is -1.77. The number of carbonyl (C=O) groups is 11. The average Bonchev–Trinajstić information content (AvgIpc) is 3.31. The fourth-order valence-corrected chi connectivity index (χ4v) is 9.35. The molecule has 0 bridgehead atoms. The van der Waals surface area contributed by atoms with Crippen LogP contribution in [-0.4, -0.2) is 136 Å². The maximum Gasteiger partial charge on any atom is 0.246 e. The van der Waals surface area contributed by atoms with E-state index in [1.807, 2.05) is 13.8 Å². The number of hydrogen-bond donors (Lipinski definition) is 11. The molecule has 1 aliphatic rings. The number of amides is 11. The largest absolute Gasteiger partial charge is 0.508 e. The lowest BCUT2D eigenvalue weighted by Crippen LogP contribution is -2.61. The lowest BCUT2D eigenvalue weighted by molar-refractivity contribution is -0.141. The first kappa shape index (κ1) is 59.4. The van der Waals surface area contributed by atoms with Crippen LogP contribution in [0.15, 0.2) is 54.6 Å². The van der Waals surface area contributed by atoms with E-state index in [1.165, 1.54) is 12.1 Å². The lowest BCUT2D eigenvalue weighted by atomic mass is 9.96. The summed E-state index contributed by atoms with van der Waals surface area (Å²) in [5.74, 6) is -10.1. The van der Waals surface area contributed by atoms with Gasteiger partial charge in [-0.2, -0.15) is 0 Å². The number of carbonyl (C=O) groups excluding carboxylic acids is 11. The van der Waals surface area contributed by atoms with Crippen LogP contribution in [0.4, 0.5) is 0 Å². The Morgan fingerprint density at radius 2 is 1.39 bits per heavy atom. The van der Waals surface area contributed by atoms with E-state index < -0.39 is 139 Å². The summed E-state index contributed by atoms with van der Waals surface area (Å²) in [5, 5.41) is 27.8. The second-order valence-corrected chi connectivity index (χ2v) is 20.3. The molecule has 2 aromatic rings. The normalized spacial score (nSPS) is 20.5. The van der Waals surface area contributed by atoms with Crippen LogP contribution >= 0.6 is 21.6 Å². The van der Waals surface area contributed by atoms with Gasteiger partial charge < -0.3 is 64.4 Å². The fourth-order valence-electron chi connectivity index (χ4n) is 7.21. The minimum absolute atomic E-state index is 0.0314. The van der Waals surface area contributed by atoms with E-state index in [1.54, 1.807) is 56.3 Å². The molecule has 0 aromatic heterocycles. The van der Waals surface area contributed by atoms with Gasteiger partial charge in [-0.15, -0.1) is 0 Å². The molecule has 0 radical (unpaired) electrons. The third-order valence-electron chi connectivity index (χ3n) is 11.2. The van der Waals surface area contributed by atoms with Crippen molar-refractivity contribution in [3.63, 3.8) is 0 Å². The maximum absolute atomic E-state index is 14.8. The number of phenolic OH excluding ortho intramolecular Hbond substituents is 1. The topological polar surface area (TPSA) is 374 Å². The lowest BCUT2D eigenvalue weighted by Gasteiger charge is -2.30. The van der Waals surface area contributed by atoms with Crippen LogP contribution in [0, 0.1) is 11.8 Å². The predicted molar refractivity (Wildman–Crippen MR) is 268 cm³/mol. The van der Waals surface area contributed by atoms with Gasteiger partial charge in [-0.05, 0) is 47.9 Å². The summed E-state index contributed by atoms with van der Waals surface area (Å²) in [6, 6.07) is 5.94. The van der Waals surface area contributed by atoms with Crippen molar-refractivity contribution < 1.29 is 57.8 Å². The van der Waals surface area contributed by atoms with Gasteiger partial charge >= 0.3 is 0 Å². The van der Waals surface area contributed by atoms with Crippen molar-refractivity contribution in [2.75, 3.05) is 24.6 Å². The zero-order chi connectivity index (χ0) is 53.5. The van der Waals surface area contributed by atoms with Gasteiger partial charge in [0.2, 0.25) is 65.0 Å². The van der Waals surface area contributed by atoms with Gasteiger partial charge in [0.05, 0.1) is 19.5 Å². The number of nitrogens with zero attached hydrogens (tertiary/aromatic N) is 1. The van der Waals surface area contributed by atoms with Gasteiger partial charge in [-0.3, -0.25) is 52.7 Å². The number of nitrogens with two attached hydrogens (primary N) is 3. The highest BCUT2D eigenvalue weighted by atomic mass is 33.1. The zero-order valence-electron chi connectivity index (χ0n) is 40.7. The van der Waals surface area contributed by atoms with Gasteiger partial charge in [0.25, 0.3) is 0 Å². The molecule has 2 aromatic carbocycles. The standard InChI is InChI=1S/C47H67N11O12S2/c1-5-27(4)41-46(69)54-31(15-16-36(48)60)43(66)55-34(21-37(49)61)44(67)56-35(25-72-71-18-17-39(63)52-33(45(68)57-41)20-28-11-13-30(59)14-12-28)47(70)58(23-29-9-7-6-8-10-29)24-40(64)53-32(19-26(2)3)42(65)51-22-38(50)62/h6-14,26-27,31-35,41,59H,5,15-25H2,1-4H3,(H2,48,60)(H2,49,61)(H2,50,62)(H,51,65)(H,52,63)(H,53,64)(H,54,69)(H,55,66)(H,56,67)(H,57,68)/t27-,31-,32-,33-,34-,35-,41-/m0/s1. The quantitative estimate of drug-likeness (QED) is 0.0673. The molecular weight excluding hydrogens is 975 g/mol. The molecule has 0 aliphatic carbocycles. The molecule has 1 heterocycles. The van der Waals surface area contributed by atoms with Gasteiger partial charge in [-0.1, -0.05) is 98.2 Å². The number of primary amides is 3. The fraction of sp³-hybridized carbons (Fsp3) is 0.511. The Morgan fingerprint density at radius 3 is 2.00 bits per heavy atom. The van der Waals surface area contributed by atoms with E-state index in [-0.39, 0.29) is 49.0 Å². The number of aromatic hydroxyl groups is 1. The van der Waals surface area contributed by atoms with E-state index in [4.69, 9.17) is 17.2 Å². The molecule has 1 aliphatic heterocycles. The highest BCUT2D eigenvalue weighted by Gasteiger charge is 2.36. The molecular formula is C47H67N11O12S2.